The van der Waals surface area contributed by atoms with Crippen molar-refractivity contribution < 1.29 is 13.9 Å². The minimum absolute atomic E-state index is 0.0954. The van der Waals surface area contributed by atoms with Crippen LogP contribution in [0.15, 0.2) is 69.6 Å². The molecular formula is C21H13BrClIN2O3. The van der Waals surface area contributed by atoms with Gasteiger partial charge < -0.3 is 14.5 Å². The molecule has 0 aliphatic carbocycles. The molecule has 0 saturated heterocycles. The summed E-state index contributed by atoms with van der Waals surface area (Å²) in [4.78, 5) is 16.7. The number of oxazole rings is 1. The lowest BCUT2D eigenvalue weighted by molar-refractivity contribution is -0.118. The van der Waals surface area contributed by atoms with Crippen molar-refractivity contribution in [3.63, 3.8) is 0 Å². The number of nitrogens with one attached hydrogen (secondary N) is 1. The third-order valence-electron chi connectivity index (χ3n) is 4.01. The first-order chi connectivity index (χ1) is 14.0. The minimum atomic E-state index is -0.267. The summed E-state index contributed by atoms with van der Waals surface area (Å²) >= 11 is 11.8. The molecule has 0 aliphatic rings. The molecule has 1 heterocycles. The van der Waals surface area contributed by atoms with Crippen molar-refractivity contribution >= 4 is 72.8 Å². The second-order valence-electron chi connectivity index (χ2n) is 6.12. The van der Waals surface area contributed by atoms with Gasteiger partial charge in [0.1, 0.15) is 11.3 Å². The molecule has 0 bridgehead atoms. The Balaban J connectivity index is 1.48. The van der Waals surface area contributed by atoms with Crippen LogP contribution < -0.4 is 10.1 Å². The van der Waals surface area contributed by atoms with E-state index in [0.717, 1.165) is 13.6 Å². The lowest BCUT2D eigenvalue weighted by Gasteiger charge is -2.07. The highest BCUT2D eigenvalue weighted by Crippen LogP contribution is 2.32. The highest BCUT2D eigenvalue weighted by atomic mass is 127. The number of amides is 1. The van der Waals surface area contributed by atoms with E-state index in [-0.39, 0.29) is 12.5 Å². The van der Waals surface area contributed by atoms with Crippen molar-refractivity contribution in [1.82, 2.24) is 4.98 Å². The molecule has 3 aromatic carbocycles. The van der Waals surface area contributed by atoms with Crippen LogP contribution in [-0.2, 0) is 4.79 Å². The lowest BCUT2D eigenvalue weighted by Crippen LogP contribution is -2.20. The molecule has 4 aromatic rings. The molecule has 1 N–H and O–H groups in total. The maximum atomic E-state index is 12.2. The molecule has 146 valence electrons. The zero-order chi connectivity index (χ0) is 20.4. The van der Waals surface area contributed by atoms with Crippen LogP contribution in [0.2, 0.25) is 5.02 Å². The van der Waals surface area contributed by atoms with Crippen LogP contribution in [-0.4, -0.2) is 17.5 Å². The van der Waals surface area contributed by atoms with E-state index in [1.807, 2.05) is 30.3 Å². The molecule has 29 heavy (non-hydrogen) atoms. The number of fused-ring (bicyclic) bond motifs is 1. The first-order valence-corrected chi connectivity index (χ1v) is 10.8. The Morgan fingerprint density at radius 3 is 2.72 bits per heavy atom. The summed E-state index contributed by atoms with van der Waals surface area (Å²) in [5.41, 5.74) is 2.57. The summed E-state index contributed by atoms with van der Waals surface area (Å²) in [6.45, 7) is -0.0954. The third-order valence-corrected chi connectivity index (χ3v) is 5.54. The minimum Gasteiger partial charge on any atom is -0.484 e. The van der Waals surface area contributed by atoms with Crippen molar-refractivity contribution in [2.24, 2.45) is 0 Å². The number of carbonyl (C=O) groups is 1. The van der Waals surface area contributed by atoms with Crippen molar-refractivity contribution in [2.75, 3.05) is 11.9 Å². The Labute approximate surface area is 193 Å². The molecule has 0 unspecified atom stereocenters. The number of benzene rings is 3. The van der Waals surface area contributed by atoms with Crippen LogP contribution >= 0.6 is 50.1 Å². The number of anilines is 1. The summed E-state index contributed by atoms with van der Waals surface area (Å²) in [5.74, 6) is 0.788. The smallest absolute Gasteiger partial charge is 0.262 e. The van der Waals surface area contributed by atoms with E-state index in [1.54, 1.807) is 30.3 Å². The van der Waals surface area contributed by atoms with Gasteiger partial charge >= 0.3 is 0 Å². The topological polar surface area (TPSA) is 64.4 Å². The van der Waals surface area contributed by atoms with Crippen molar-refractivity contribution in [1.29, 1.82) is 0 Å². The van der Waals surface area contributed by atoms with Gasteiger partial charge in [0.15, 0.2) is 12.2 Å². The van der Waals surface area contributed by atoms with E-state index >= 15 is 0 Å². The largest absolute Gasteiger partial charge is 0.484 e. The number of hydrogen-bond donors (Lipinski definition) is 1. The number of carbonyl (C=O) groups excluding carboxylic acids is 1. The Kier molecular flexibility index (Phi) is 6.07. The summed E-state index contributed by atoms with van der Waals surface area (Å²) in [6.07, 6.45) is 0. The standard InChI is InChI=1S/C21H13BrClIN2O3/c22-12-1-5-15(6-2-12)28-11-20(27)25-14-4-8-19-18(10-14)26-21(29-19)16-9-13(24)3-7-17(16)23/h1-10H,11H2,(H,25,27). The van der Waals surface area contributed by atoms with E-state index in [0.29, 0.717) is 33.4 Å². The molecule has 0 saturated carbocycles. The number of ether oxygens (including phenoxy) is 1. The highest BCUT2D eigenvalue weighted by molar-refractivity contribution is 14.1. The molecule has 0 spiro atoms. The van der Waals surface area contributed by atoms with E-state index < -0.39 is 0 Å². The maximum Gasteiger partial charge on any atom is 0.262 e. The summed E-state index contributed by atoms with van der Waals surface area (Å²) in [6, 6.07) is 18.2. The van der Waals surface area contributed by atoms with E-state index in [9.17, 15) is 4.79 Å². The average molecular weight is 584 g/mol. The molecular weight excluding hydrogens is 571 g/mol. The molecule has 1 aromatic heterocycles. The predicted molar refractivity (Wildman–Crippen MR) is 125 cm³/mol. The van der Waals surface area contributed by atoms with Crippen LogP contribution in [0.5, 0.6) is 5.75 Å². The molecule has 0 radical (unpaired) electrons. The van der Waals surface area contributed by atoms with Crippen LogP contribution in [0.3, 0.4) is 0 Å². The average Bonchev–Trinajstić information content (AvgIpc) is 3.12. The van der Waals surface area contributed by atoms with Gasteiger partial charge in [-0.25, -0.2) is 4.98 Å². The number of rotatable bonds is 5. The Morgan fingerprint density at radius 1 is 1.14 bits per heavy atom. The summed E-state index contributed by atoms with van der Waals surface area (Å²) in [5, 5.41) is 3.37. The van der Waals surface area contributed by atoms with Crippen molar-refractivity contribution in [3.05, 3.63) is 73.7 Å². The monoisotopic (exact) mass is 582 g/mol. The van der Waals surface area contributed by atoms with Gasteiger partial charge in [-0.2, -0.15) is 0 Å². The molecule has 5 nitrogen and oxygen atoms in total. The zero-order valence-electron chi connectivity index (χ0n) is 14.8. The van der Waals surface area contributed by atoms with Gasteiger partial charge in [-0.3, -0.25) is 4.79 Å². The van der Waals surface area contributed by atoms with E-state index in [1.165, 1.54) is 0 Å². The first-order valence-electron chi connectivity index (χ1n) is 8.52. The second-order valence-corrected chi connectivity index (χ2v) is 8.68. The van der Waals surface area contributed by atoms with Crippen LogP contribution in [0.4, 0.5) is 5.69 Å². The van der Waals surface area contributed by atoms with Crippen LogP contribution in [0, 0.1) is 3.57 Å². The van der Waals surface area contributed by atoms with Crippen LogP contribution in [0.25, 0.3) is 22.6 Å². The van der Waals surface area contributed by atoms with Crippen molar-refractivity contribution in [3.8, 4) is 17.2 Å². The lowest BCUT2D eigenvalue weighted by atomic mass is 10.2. The Bertz CT molecular complexity index is 1190. The Morgan fingerprint density at radius 2 is 1.93 bits per heavy atom. The van der Waals surface area contributed by atoms with Gasteiger partial charge in [-0.05, 0) is 83.3 Å². The van der Waals surface area contributed by atoms with Gasteiger partial charge in [0.05, 0.1) is 10.6 Å². The molecule has 8 heteroatoms. The SMILES string of the molecule is O=C(COc1ccc(Br)cc1)Nc1ccc2oc(-c3cc(I)ccc3Cl)nc2c1. The third kappa shape index (κ3) is 4.91. The second kappa shape index (κ2) is 8.73. The molecule has 1 amide bonds. The predicted octanol–water partition coefficient (Wildman–Crippen LogP) is 6.53. The highest BCUT2D eigenvalue weighted by Gasteiger charge is 2.13. The molecule has 0 atom stereocenters. The quantitative estimate of drug-likeness (QED) is 0.271. The molecule has 0 fully saturated rings. The van der Waals surface area contributed by atoms with Gasteiger partial charge in [0, 0.05) is 13.7 Å². The number of aromatic nitrogens is 1. The van der Waals surface area contributed by atoms with Gasteiger partial charge in [0.25, 0.3) is 5.91 Å². The van der Waals surface area contributed by atoms with E-state index in [2.05, 4.69) is 48.8 Å². The zero-order valence-corrected chi connectivity index (χ0v) is 19.3. The van der Waals surface area contributed by atoms with Gasteiger partial charge in [-0.1, -0.05) is 27.5 Å². The molecule has 0 aliphatic heterocycles. The summed E-state index contributed by atoms with van der Waals surface area (Å²) < 4.78 is 13.3. The number of hydrogen-bond acceptors (Lipinski definition) is 4. The maximum absolute atomic E-state index is 12.2. The summed E-state index contributed by atoms with van der Waals surface area (Å²) in [7, 11) is 0. The number of halogens is 3. The fraction of sp³-hybridized carbons (Fsp3) is 0.0476. The number of nitrogens with zero attached hydrogens (tertiary/aromatic N) is 1. The fourth-order valence-corrected chi connectivity index (χ4v) is 3.61. The van der Waals surface area contributed by atoms with Crippen molar-refractivity contribution in [2.45, 2.75) is 0 Å². The Hall–Kier alpha value is -2.10. The normalized spacial score (nSPS) is 10.9. The first kappa shape index (κ1) is 20.2. The van der Waals surface area contributed by atoms with E-state index in [4.69, 9.17) is 20.8 Å². The van der Waals surface area contributed by atoms with Gasteiger partial charge in [0.2, 0.25) is 5.89 Å². The van der Waals surface area contributed by atoms with Crippen LogP contribution in [0.1, 0.15) is 0 Å². The van der Waals surface area contributed by atoms with Gasteiger partial charge in [-0.15, -0.1) is 0 Å². The molecule has 4 rings (SSSR count). The fourth-order valence-electron chi connectivity index (χ4n) is 2.66.